The van der Waals surface area contributed by atoms with E-state index in [0.29, 0.717) is 5.75 Å². The lowest BCUT2D eigenvalue weighted by Crippen LogP contribution is -2.39. The molecular formula is C31H34N4O5S. The van der Waals surface area contributed by atoms with Crippen LogP contribution in [0.25, 0.3) is 5.69 Å². The minimum atomic E-state index is -4.15. The Morgan fingerprint density at radius 1 is 0.927 bits per heavy atom. The molecule has 0 aliphatic carbocycles. The number of rotatable bonds is 10. The molecule has 0 atom stereocenters. The van der Waals surface area contributed by atoms with Crippen LogP contribution in [-0.4, -0.2) is 45.9 Å². The first kappa shape index (κ1) is 29.4. The van der Waals surface area contributed by atoms with Gasteiger partial charge < -0.3 is 14.0 Å². The quantitative estimate of drug-likeness (QED) is 0.210. The molecule has 0 saturated carbocycles. The average Bonchev–Trinajstić information content (AvgIpc) is 3.24. The highest BCUT2D eigenvalue weighted by atomic mass is 32.2. The first-order chi connectivity index (χ1) is 19.6. The van der Waals surface area contributed by atoms with Crippen LogP contribution in [0.2, 0.25) is 0 Å². The van der Waals surface area contributed by atoms with Crippen LogP contribution in [0.3, 0.4) is 0 Å². The minimum Gasteiger partial charge on any atom is -0.497 e. The summed E-state index contributed by atoms with van der Waals surface area (Å²) in [6.45, 7) is 7.61. The van der Waals surface area contributed by atoms with E-state index in [0.717, 1.165) is 38.1 Å². The molecule has 0 fully saturated rings. The van der Waals surface area contributed by atoms with Crippen LogP contribution in [0, 0.1) is 27.7 Å². The van der Waals surface area contributed by atoms with Crippen molar-refractivity contribution in [3.63, 3.8) is 0 Å². The van der Waals surface area contributed by atoms with Gasteiger partial charge in [-0.3, -0.25) is 9.10 Å². The van der Waals surface area contributed by atoms with Gasteiger partial charge in [-0.15, -0.1) is 0 Å². The number of anilines is 1. The molecule has 4 rings (SSSR count). The Labute approximate surface area is 241 Å². The van der Waals surface area contributed by atoms with Gasteiger partial charge in [0.05, 0.1) is 36.7 Å². The van der Waals surface area contributed by atoms with Gasteiger partial charge in [-0.1, -0.05) is 36.4 Å². The van der Waals surface area contributed by atoms with Crippen LogP contribution in [0.1, 0.15) is 28.1 Å². The van der Waals surface area contributed by atoms with Gasteiger partial charge in [0, 0.05) is 23.0 Å². The fraction of sp³-hybridized carbons (Fsp3) is 0.226. The number of carbonyl (C=O) groups is 1. The molecule has 4 aromatic rings. The van der Waals surface area contributed by atoms with E-state index in [1.807, 2.05) is 26.0 Å². The third-order valence-corrected chi connectivity index (χ3v) is 8.57. The molecule has 0 spiro atoms. The van der Waals surface area contributed by atoms with Crippen molar-refractivity contribution in [2.24, 2.45) is 5.10 Å². The normalized spacial score (nSPS) is 11.5. The molecule has 214 valence electrons. The van der Waals surface area contributed by atoms with Gasteiger partial charge in [-0.25, -0.2) is 13.8 Å². The number of amides is 1. The van der Waals surface area contributed by atoms with Crippen LogP contribution in [0.5, 0.6) is 11.5 Å². The van der Waals surface area contributed by atoms with Crippen LogP contribution in [0.4, 0.5) is 5.69 Å². The number of methoxy groups -OCH3 is 2. The second-order valence-corrected chi connectivity index (χ2v) is 11.4. The highest BCUT2D eigenvalue weighted by Gasteiger charge is 2.30. The number of aromatic nitrogens is 1. The molecule has 1 amide bonds. The first-order valence-corrected chi connectivity index (χ1v) is 14.4. The van der Waals surface area contributed by atoms with Gasteiger partial charge in [0.1, 0.15) is 18.0 Å². The van der Waals surface area contributed by atoms with E-state index in [1.54, 1.807) is 36.5 Å². The predicted octanol–water partition coefficient (Wildman–Crippen LogP) is 5.07. The number of sulfonamides is 1. The number of nitrogens with one attached hydrogen (secondary N) is 1. The zero-order valence-corrected chi connectivity index (χ0v) is 24.8. The highest BCUT2D eigenvalue weighted by Crippen LogP contribution is 2.35. The number of benzene rings is 3. The standard InChI is InChI=1S/C31H34N4O5S/c1-21-11-10-12-22(2)31(21)35-23(3)17-25(24(35)4)19-32-33-30(36)20-34(41(37,38)27-13-8-7-9-14-27)28-18-26(39-5)15-16-29(28)40-6/h7-19H,20H2,1-6H3,(H,33,36)/b32-19-. The smallest absolute Gasteiger partial charge is 0.264 e. The molecule has 1 heterocycles. The number of hydrazone groups is 1. The average molecular weight is 575 g/mol. The lowest BCUT2D eigenvalue weighted by Gasteiger charge is -2.25. The summed E-state index contributed by atoms with van der Waals surface area (Å²) in [5.74, 6) is 0.0430. The van der Waals surface area contributed by atoms with Gasteiger partial charge in [0.25, 0.3) is 15.9 Å². The SMILES string of the molecule is COc1ccc(OC)c(N(CC(=O)N/N=C\c2cc(C)n(-c3c(C)cccc3C)c2C)S(=O)(=O)c2ccccc2)c1. The fourth-order valence-electron chi connectivity index (χ4n) is 4.77. The van der Waals surface area contributed by atoms with E-state index in [1.165, 1.54) is 32.4 Å². The molecule has 41 heavy (non-hydrogen) atoms. The number of hydrogen-bond donors (Lipinski definition) is 1. The molecule has 0 saturated heterocycles. The largest absolute Gasteiger partial charge is 0.497 e. The van der Waals surface area contributed by atoms with E-state index < -0.39 is 22.5 Å². The van der Waals surface area contributed by atoms with Crippen molar-refractivity contribution >= 4 is 27.8 Å². The summed E-state index contributed by atoms with van der Waals surface area (Å²) in [4.78, 5) is 13.1. The Bertz CT molecular complexity index is 1670. The Balaban J connectivity index is 1.63. The van der Waals surface area contributed by atoms with Gasteiger partial charge in [-0.2, -0.15) is 5.10 Å². The Kier molecular flexibility index (Phi) is 8.83. The maximum atomic E-state index is 13.7. The van der Waals surface area contributed by atoms with E-state index in [-0.39, 0.29) is 16.3 Å². The molecule has 9 nitrogen and oxygen atoms in total. The Morgan fingerprint density at radius 3 is 2.24 bits per heavy atom. The summed E-state index contributed by atoms with van der Waals surface area (Å²) in [5.41, 5.74) is 8.87. The second kappa shape index (κ2) is 12.3. The lowest BCUT2D eigenvalue weighted by atomic mass is 10.1. The summed E-state index contributed by atoms with van der Waals surface area (Å²) in [6.07, 6.45) is 1.56. The number of nitrogens with zero attached hydrogens (tertiary/aromatic N) is 3. The number of hydrogen-bond acceptors (Lipinski definition) is 6. The molecule has 0 aliphatic rings. The van der Waals surface area contributed by atoms with Crippen molar-refractivity contribution in [1.29, 1.82) is 0 Å². The zero-order valence-electron chi connectivity index (χ0n) is 24.0. The second-order valence-electron chi connectivity index (χ2n) is 9.56. The van der Waals surface area contributed by atoms with Crippen LogP contribution < -0.4 is 19.2 Å². The zero-order chi connectivity index (χ0) is 29.7. The third-order valence-electron chi connectivity index (χ3n) is 6.80. The first-order valence-electron chi connectivity index (χ1n) is 13.0. The topological polar surface area (TPSA) is 102 Å². The van der Waals surface area contributed by atoms with E-state index in [2.05, 4.69) is 41.1 Å². The summed E-state index contributed by atoms with van der Waals surface area (Å²) in [5, 5.41) is 4.16. The van der Waals surface area contributed by atoms with Crippen molar-refractivity contribution in [2.75, 3.05) is 25.1 Å². The molecule has 3 aromatic carbocycles. The third kappa shape index (κ3) is 6.12. The number of ether oxygens (including phenoxy) is 2. The molecule has 0 bridgehead atoms. The lowest BCUT2D eigenvalue weighted by molar-refractivity contribution is -0.119. The number of carbonyl (C=O) groups excluding carboxylic acids is 1. The van der Waals surface area contributed by atoms with Crippen LogP contribution >= 0.6 is 0 Å². The Hall–Kier alpha value is -4.57. The van der Waals surface area contributed by atoms with Gasteiger partial charge in [0.15, 0.2) is 0 Å². The summed E-state index contributed by atoms with van der Waals surface area (Å²) in [6, 6.07) is 20.8. The molecule has 1 aromatic heterocycles. The molecule has 10 heteroatoms. The summed E-state index contributed by atoms with van der Waals surface area (Å²) < 4.78 is 41.3. The predicted molar refractivity (Wildman–Crippen MR) is 161 cm³/mol. The van der Waals surface area contributed by atoms with Crippen LogP contribution in [-0.2, 0) is 14.8 Å². The van der Waals surface area contributed by atoms with Gasteiger partial charge in [0.2, 0.25) is 0 Å². The van der Waals surface area contributed by atoms with Crippen molar-refractivity contribution in [2.45, 2.75) is 32.6 Å². The minimum absolute atomic E-state index is 0.0279. The number of para-hydroxylation sites is 1. The molecule has 0 unspecified atom stereocenters. The Morgan fingerprint density at radius 2 is 1.61 bits per heavy atom. The highest BCUT2D eigenvalue weighted by molar-refractivity contribution is 7.92. The van der Waals surface area contributed by atoms with E-state index in [4.69, 9.17) is 9.47 Å². The maximum Gasteiger partial charge on any atom is 0.264 e. The van der Waals surface area contributed by atoms with E-state index in [9.17, 15) is 13.2 Å². The fourth-order valence-corrected chi connectivity index (χ4v) is 6.22. The molecule has 0 aliphatic heterocycles. The van der Waals surface area contributed by atoms with Crippen LogP contribution in [0.15, 0.2) is 82.8 Å². The van der Waals surface area contributed by atoms with Crippen molar-refractivity contribution in [1.82, 2.24) is 9.99 Å². The molecular weight excluding hydrogens is 540 g/mol. The van der Waals surface area contributed by atoms with E-state index >= 15 is 0 Å². The maximum absolute atomic E-state index is 13.7. The molecule has 0 radical (unpaired) electrons. The van der Waals surface area contributed by atoms with Crippen molar-refractivity contribution in [3.8, 4) is 17.2 Å². The number of aryl methyl sites for hydroxylation is 3. The van der Waals surface area contributed by atoms with Gasteiger partial charge >= 0.3 is 0 Å². The van der Waals surface area contributed by atoms with Gasteiger partial charge in [-0.05, 0) is 69.2 Å². The van der Waals surface area contributed by atoms with Crippen molar-refractivity contribution < 1.29 is 22.7 Å². The summed E-state index contributed by atoms with van der Waals surface area (Å²) >= 11 is 0. The monoisotopic (exact) mass is 574 g/mol. The summed E-state index contributed by atoms with van der Waals surface area (Å²) in [7, 11) is -1.25. The van der Waals surface area contributed by atoms with Crippen molar-refractivity contribution in [3.05, 3.63) is 101 Å². The molecule has 1 N–H and O–H groups in total.